The number of hydrogen-bond acceptors (Lipinski definition) is 9. The first-order chi connectivity index (χ1) is 21.8. The Hall–Kier alpha value is -5.48. The van der Waals surface area contributed by atoms with Crippen LogP contribution in [0.5, 0.6) is 0 Å². The number of benzene rings is 2. The molecule has 3 heterocycles. The Kier molecular flexibility index (Phi) is 8.42. The maximum absolute atomic E-state index is 14.3. The van der Waals surface area contributed by atoms with Gasteiger partial charge in [0.25, 0.3) is 0 Å². The van der Waals surface area contributed by atoms with E-state index in [1.54, 1.807) is 18.5 Å². The van der Waals surface area contributed by atoms with Crippen molar-refractivity contribution >= 4 is 33.5 Å². The van der Waals surface area contributed by atoms with E-state index in [4.69, 9.17) is 0 Å². The van der Waals surface area contributed by atoms with Gasteiger partial charge in [-0.05, 0) is 48.9 Å². The third-order valence-corrected chi connectivity index (χ3v) is 8.79. The molecule has 1 atom stereocenters. The van der Waals surface area contributed by atoms with Gasteiger partial charge < -0.3 is 9.80 Å². The van der Waals surface area contributed by atoms with E-state index in [1.807, 2.05) is 17.0 Å². The number of imide groups is 1. The molecule has 3 aromatic rings. The van der Waals surface area contributed by atoms with Crippen molar-refractivity contribution in [2.45, 2.75) is 24.0 Å². The lowest BCUT2D eigenvalue weighted by Crippen LogP contribution is -2.59. The lowest BCUT2D eigenvalue weighted by molar-refractivity contribution is -0.137. The van der Waals surface area contributed by atoms with Gasteiger partial charge in [0.1, 0.15) is 6.04 Å². The van der Waals surface area contributed by atoms with Crippen LogP contribution >= 0.6 is 0 Å². The maximum Gasteiger partial charge on any atom is 0.416 e. The summed E-state index contributed by atoms with van der Waals surface area (Å²) in [6.45, 7) is 2.02. The molecule has 4 amide bonds. The number of anilines is 2. The zero-order chi connectivity index (χ0) is 33.4. The van der Waals surface area contributed by atoms with E-state index < -0.39 is 39.7 Å². The molecule has 46 heavy (non-hydrogen) atoms. The van der Waals surface area contributed by atoms with Crippen LogP contribution in [0.4, 0.5) is 34.4 Å². The van der Waals surface area contributed by atoms with Crippen molar-refractivity contribution < 1.29 is 31.2 Å². The molecule has 0 radical (unpaired) electrons. The summed E-state index contributed by atoms with van der Waals surface area (Å²) in [5.41, 5.74) is -1.82. The molecule has 0 saturated carbocycles. The molecule has 0 N–H and O–H groups in total. The Morgan fingerprint density at radius 2 is 1.65 bits per heavy atom. The van der Waals surface area contributed by atoms with Gasteiger partial charge in [-0.1, -0.05) is 12.1 Å². The number of rotatable bonds is 4. The van der Waals surface area contributed by atoms with E-state index in [0.717, 1.165) is 35.4 Å². The van der Waals surface area contributed by atoms with Crippen LogP contribution < -0.4 is 9.80 Å². The summed E-state index contributed by atoms with van der Waals surface area (Å²) in [4.78, 5) is 41.3. The summed E-state index contributed by atoms with van der Waals surface area (Å²) in [6.07, 6.45) is -0.744. The lowest BCUT2D eigenvalue weighted by atomic mass is 9.93. The normalized spacial score (nSPS) is 17.5. The minimum atomic E-state index is -4.75. The van der Waals surface area contributed by atoms with Crippen LogP contribution in [-0.2, 0) is 16.0 Å². The number of alkyl halides is 3. The molecule has 16 heteroatoms. The van der Waals surface area contributed by atoms with E-state index in [9.17, 15) is 41.7 Å². The number of carbonyl (C=O) groups excluding carboxylic acids is 2. The van der Waals surface area contributed by atoms with Crippen molar-refractivity contribution in [1.82, 2.24) is 19.8 Å². The number of sulfone groups is 1. The number of piperazine rings is 1. The van der Waals surface area contributed by atoms with Gasteiger partial charge in [0.15, 0.2) is 9.84 Å². The molecule has 2 aliphatic heterocycles. The third kappa shape index (κ3) is 5.94. The van der Waals surface area contributed by atoms with Gasteiger partial charge in [-0.15, -0.1) is 0 Å². The second kappa shape index (κ2) is 12.1. The van der Waals surface area contributed by atoms with Crippen LogP contribution in [-0.4, -0.2) is 72.7 Å². The Bertz CT molecular complexity index is 1930. The van der Waals surface area contributed by atoms with Crippen molar-refractivity contribution in [2.75, 3.05) is 42.2 Å². The predicted octanol–water partition coefficient (Wildman–Crippen LogP) is 4.49. The number of amides is 4. The van der Waals surface area contributed by atoms with Gasteiger partial charge in [-0.3, -0.25) is 4.90 Å². The second-order valence-corrected chi connectivity index (χ2v) is 12.5. The van der Waals surface area contributed by atoms with E-state index in [-0.39, 0.29) is 59.2 Å². The van der Waals surface area contributed by atoms with Crippen molar-refractivity contribution in [1.29, 1.82) is 10.5 Å². The van der Waals surface area contributed by atoms with Crippen molar-refractivity contribution in [2.24, 2.45) is 0 Å². The Morgan fingerprint density at radius 3 is 2.24 bits per heavy atom. The van der Waals surface area contributed by atoms with E-state index in [0.29, 0.717) is 10.8 Å². The van der Waals surface area contributed by atoms with Gasteiger partial charge in [0, 0.05) is 50.5 Å². The van der Waals surface area contributed by atoms with Gasteiger partial charge in [-0.2, -0.15) is 23.7 Å². The summed E-state index contributed by atoms with van der Waals surface area (Å²) in [7, 11) is -4.09. The fourth-order valence-electron chi connectivity index (χ4n) is 5.42. The zero-order valence-electron chi connectivity index (χ0n) is 24.4. The number of nitrogens with zero attached hydrogens (tertiary/aromatic N) is 8. The summed E-state index contributed by atoms with van der Waals surface area (Å²) in [5.74, 6) is 0.429. The molecule has 236 valence electrons. The number of allylic oxidation sites excluding steroid dienone is 1. The molecule has 1 saturated heterocycles. The third-order valence-electron chi connectivity index (χ3n) is 7.63. The largest absolute Gasteiger partial charge is 0.416 e. The van der Waals surface area contributed by atoms with Crippen molar-refractivity contribution in [3.8, 4) is 12.1 Å². The molecule has 0 aliphatic carbocycles. The first-order valence-electron chi connectivity index (χ1n) is 13.7. The number of halogens is 3. The highest BCUT2D eigenvalue weighted by molar-refractivity contribution is 7.90. The van der Waals surface area contributed by atoms with Gasteiger partial charge in [-0.25, -0.2) is 32.9 Å². The number of hydrogen-bond donors (Lipinski definition) is 0. The maximum atomic E-state index is 14.3. The number of urea groups is 2. The summed E-state index contributed by atoms with van der Waals surface area (Å²) < 4.78 is 66.8. The molecule has 2 aliphatic rings. The highest BCUT2D eigenvalue weighted by Gasteiger charge is 2.47. The molecule has 0 spiro atoms. The number of carbonyl (C=O) groups is 2. The van der Waals surface area contributed by atoms with Gasteiger partial charge >= 0.3 is 18.2 Å². The SMILES string of the molecule is CC1=C(C#N)[C@@H](c2ccc(C#N)cc2S(C)(=O)=O)N(C(=O)N2CCN(c3ncccn3)CC2)C(=O)N1c1cccc(C(F)(F)F)c1. The highest BCUT2D eigenvalue weighted by Crippen LogP contribution is 2.43. The summed E-state index contributed by atoms with van der Waals surface area (Å²) >= 11 is 0. The van der Waals surface area contributed by atoms with Crippen LogP contribution in [0.15, 0.2) is 77.1 Å². The van der Waals surface area contributed by atoms with Crippen molar-refractivity contribution in [3.05, 3.63) is 88.9 Å². The van der Waals surface area contributed by atoms with E-state index in [1.165, 1.54) is 30.0 Å². The molecule has 0 unspecified atom stereocenters. The minimum Gasteiger partial charge on any atom is -0.337 e. The summed E-state index contributed by atoms with van der Waals surface area (Å²) in [5, 5.41) is 19.8. The van der Waals surface area contributed by atoms with E-state index >= 15 is 0 Å². The topological polar surface area (TPSA) is 155 Å². The molecule has 1 fully saturated rings. The standard InChI is InChI=1S/C30H25F3N8O4S/c1-19-24(18-35)26(23-8-7-20(17-34)15-25(23)46(2,44)45)41(29(43)40(19)22-6-3-5-21(16-22)30(31,32)33)28(42)39-13-11-38(12-14-39)27-36-9-4-10-37-27/h3-10,15-16,26H,11-14H2,1-2H3/t26-/m1/s1. The van der Waals surface area contributed by atoms with Crippen LogP contribution in [0, 0.1) is 22.7 Å². The van der Waals surface area contributed by atoms with Crippen LogP contribution in [0.2, 0.25) is 0 Å². The van der Waals surface area contributed by atoms with Crippen molar-refractivity contribution in [3.63, 3.8) is 0 Å². The number of nitriles is 2. The lowest BCUT2D eigenvalue weighted by Gasteiger charge is -2.44. The van der Waals surface area contributed by atoms with Crippen LogP contribution in [0.1, 0.15) is 29.7 Å². The second-order valence-electron chi connectivity index (χ2n) is 10.5. The number of aromatic nitrogens is 2. The van der Waals surface area contributed by atoms with Gasteiger partial charge in [0.05, 0.1) is 39.4 Å². The Labute approximate surface area is 262 Å². The van der Waals surface area contributed by atoms with Crippen LogP contribution in [0.25, 0.3) is 0 Å². The van der Waals surface area contributed by atoms with Gasteiger partial charge in [0.2, 0.25) is 5.95 Å². The molecular formula is C30H25F3N8O4S. The Balaban J connectivity index is 1.66. The molecule has 1 aromatic heterocycles. The summed E-state index contributed by atoms with van der Waals surface area (Å²) in [6, 6.07) is 9.38. The first-order valence-corrected chi connectivity index (χ1v) is 15.6. The Morgan fingerprint density at radius 1 is 0.978 bits per heavy atom. The molecule has 5 rings (SSSR count). The average Bonchev–Trinajstić information content (AvgIpc) is 3.04. The van der Waals surface area contributed by atoms with Crippen LogP contribution in [0.3, 0.4) is 0 Å². The fourth-order valence-corrected chi connectivity index (χ4v) is 6.37. The zero-order valence-corrected chi connectivity index (χ0v) is 25.2. The fraction of sp³-hybridized carbons (Fsp3) is 0.267. The minimum absolute atomic E-state index is 0.0201. The molecular weight excluding hydrogens is 625 g/mol. The quantitative estimate of drug-likeness (QED) is 0.397. The predicted molar refractivity (Wildman–Crippen MR) is 158 cm³/mol. The molecule has 2 aromatic carbocycles. The monoisotopic (exact) mass is 650 g/mol. The highest BCUT2D eigenvalue weighted by atomic mass is 32.2. The molecule has 0 bridgehead atoms. The smallest absolute Gasteiger partial charge is 0.337 e. The van der Waals surface area contributed by atoms with E-state index in [2.05, 4.69) is 9.97 Å². The average molecular weight is 651 g/mol. The molecule has 12 nitrogen and oxygen atoms in total. The first kappa shape index (κ1) is 31.9.